The molecule has 0 aromatic heterocycles. The van der Waals surface area contributed by atoms with E-state index in [1.165, 1.54) is 6.42 Å². The molecule has 0 N–H and O–H groups in total. The lowest BCUT2D eigenvalue weighted by Crippen LogP contribution is -2.51. The van der Waals surface area contributed by atoms with Crippen molar-refractivity contribution in [3.05, 3.63) is 0 Å². The zero-order chi connectivity index (χ0) is 15.0. The molecule has 1 saturated heterocycles. The van der Waals surface area contributed by atoms with Gasteiger partial charge in [0.15, 0.2) is 0 Å². The minimum absolute atomic E-state index is 0.259. The number of hydrogen-bond acceptors (Lipinski definition) is 2. The average molecular weight is 282 g/mol. The topological polar surface area (TPSA) is 40.6 Å². The summed E-state index contributed by atoms with van der Waals surface area (Å²) in [4.78, 5) is 28.5. The van der Waals surface area contributed by atoms with Crippen LogP contribution in [0.25, 0.3) is 0 Å². The van der Waals surface area contributed by atoms with Gasteiger partial charge in [-0.3, -0.25) is 9.59 Å². The maximum atomic E-state index is 12.5. The first-order valence-electron chi connectivity index (χ1n) is 8.25. The minimum atomic E-state index is -0.291. The number of amides is 2. The molecule has 0 saturated carbocycles. The van der Waals surface area contributed by atoms with Crippen molar-refractivity contribution < 1.29 is 9.59 Å². The van der Waals surface area contributed by atoms with Gasteiger partial charge in [-0.05, 0) is 38.5 Å². The Morgan fingerprint density at radius 1 is 1.10 bits per heavy atom. The van der Waals surface area contributed by atoms with Crippen LogP contribution < -0.4 is 0 Å². The Morgan fingerprint density at radius 3 is 2.45 bits per heavy atom. The molecule has 1 rings (SSSR count). The Kier molecular flexibility index (Phi) is 7.63. The van der Waals surface area contributed by atoms with Crippen LogP contribution in [0, 0.1) is 0 Å². The molecule has 2 amide bonds. The number of nitrogens with zero attached hydrogens (tertiary/aromatic N) is 2. The zero-order valence-electron chi connectivity index (χ0n) is 13.4. The quantitative estimate of drug-likeness (QED) is 0.703. The van der Waals surface area contributed by atoms with Crippen molar-refractivity contribution in [3.63, 3.8) is 0 Å². The van der Waals surface area contributed by atoms with E-state index >= 15 is 0 Å². The lowest BCUT2D eigenvalue weighted by Gasteiger charge is -2.36. The van der Waals surface area contributed by atoms with Crippen molar-refractivity contribution in [1.29, 1.82) is 0 Å². The Bertz CT molecular complexity index is 318. The van der Waals surface area contributed by atoms with E-state index in [1.807, 2.05) is 11.8 Å². The molecule has 4 heteroatoms. The summed E-state index contributed by atoms with van der Waals surface area (Å²) < 4.78 is 0. The first-order chi connectivity index (χ1) is 9.65. The second-order valence-electron chi connectivity index (χ2n) is 5.70. The summed E-state index contributed by atoms with van der Waals surface area (Å²) in [5, 5.41) is 0. The van der Waals surface area contributed by atoms with Gasteiger partial charge < -0.3 is 9.80 Å². The predicted octanol–water partition coefficient (Wildman–Crippen LogP) is 2.82. The first kappa shape index (κ1) is 17.0. The van der Waals surface area contributed by atoms with Crippen molar-refractivity contribution in [2.45, 2.75) is 71.8 Å². The number of hydrogen-bond donors (Lipinski definition) is 0. The van der Waals surface area contributed by atoms with E-state index in [-0.39, 0.29) is 17.9 Å². The van der Waals surface area contributed by atoms with E-state index in [0.29, 0.717) is 13.1 Å². The molecule has 1 fully saturated rings. The van der Waals surface area contributed by atoms with Crippen LogP contribution in [0.1, 0.15) is 65.7 Å². The first-order valence-corrected chi connectivity index (χ1v) is 8.25. The van der Waals surface area contributed by atoms with Crippen LogP contribution in [0.4, 0.5) is 0 Å². The highest BCUT2D eigenvalue weighted by Gasteiger charge is 2.31. The van der Waals surface area contributed by atoms with Crippen molar-refractivity contribution in [2.24, 2.45) is 0 Å². The molecule has 0 aromatic rings. The number of carbonyl (C=O) groups is 2. The van der Waals surface area contributed by atoms with Crippen molar-refractivity contribution in [2.75, 3.05) is 19.6 Å². The molecular weight excluding hydrogens is 252 g/mol. The van der Waals surface area contributed by atoms with Crippen LogP contribution in [-0.2, 0) is 9.59 Å². The Hall–Kier alpha value is -1.06. The Labute approximate surface area is 123 Å². The van der Waals surface area contributed by atoms with E-state index in [0.717, 1.165) is 45.1 Å². The summed E-state index contributed by atoms with van der Waals surface area (Å²) in [6.07, 6.45) is 7.10. The number of piperidine rings is 1. The lowest BCUT2D eigenvalue weighted by molar-refractivity contribution is -0.154. The average Bonchev–Trinajstić information content (AvgIpc) is 2.49. The van der Waals surface area contributed by atoms with Gasteiger partial charge in [0, 0.05) is 25.7 Å². The molecule has 1 aliphatic rings. The normalized spacial score (nSPS) is 18.9. The van der Waals surface area contributed by atoms with E-state index in [1.54, 1.807) is 4.90 Å². The SMILES string of the molecule is CCCCN(CCC)C(=O)C(=O)N1CCCCC1CC. The summed E-state index contributed by atoms with van der Waals surface area (Å²) >= 11 is 0. The van der Waals surface area contributed by atoms with Crippen LogP contribution in [0.3, 0.4) is 0 Å². The molecule has 0 bridgehead atoms. The second kappa shape index (κ2) is 8.98. The molecule has 0 spiro atoms. The summed E-state index contributed by atoms with van der Waals surface area (Å²) in [6, 6.07) is 0.259. The molecule has 1 atom stereocenters. The fourth-order valence-electron chi connectivity index (χ4n) is 2.88. The summed E-state index contributed by atoms with van der Waals surface area (Å²) in [5.74, 6) is -0.568. The highest BCUT2D eigenvalue weighted by Crippen LogP contribution is 2.20. The van der Waals surface area contributed by atoms with Crippen LogP contribution in [0.5, 0.6) is 0 Å². The molecule has 20 heavy (non-hydrogen) atoms. The monoisotopic (exact) mass is 282 g/mol. The molecule has 1 unspecified atom stereocenters. The molecular formula is C16H30N2O2. The molecule has 0 aliphatic carbocycles. The predicted molar refractivity (Wildman–Crippen MR) is 81.4 cm³/mol. The molecule has 4 nitrogen and oxygen atoms in total. The number of rotatable bonds is 6. The third-order valence-electron chi connectivity index (χ3n) is 4.10. The van der Waals surface area contributed by atoms with Gasteiger partial charge in [-0.25, -0.2) is 0 Å². The van der Waals surface area contributed by atoms with Crippen molar-refractivity contribution in [1.82, 2.24) is 9.80 Å². The largest absolute Gasteiger partial charge is 0.334 e. The van der Waals surface area contributed by atoms with Crippen LogP contribution in [0.15, 0.2) is 0 Å². The molecule has 116 valence electrons. The maximum absolute atomic E-state index is 12.5. The Morgan fingerprint density at radius 2 is 1.85 bits per heavy atom. The van der Waals surface area contributed by atoms with Crippen LogP contribution in [0.2, 0.25) is 0 Å². The summed E-state index contributed by atoms with van der Waals surface area (Å²) in [7, 11) is 0. The maximum Gasteiger partial charge on any atom is 0.312 e. The second-order valence-corrected chi connectivity index (χ2v) is 5.70. The summed E-state index contributed by atoms with van der Waals surface area (Å²) in [5.41, 5.74) is 0. The zero-order valence-corrected chi connectivity index (χ0v) is 13.4. The molecule has 0 radical (unpaired) electrons. The highest BCUT2D eigenvalue weighted by molar-refractivity contribution is 6.35. The minimum Gasteiger partial charge on any atom is -0.334 e. The molecule has 0 aromatic carbocycles. The third kappa shape index (κ3) is 4.50. The van der Waals surface area contributed by atoms with Gasteiger partial charge in [-0.2, -0.15) is 0 Å². The highest BCUT2D eigenvalue weighted by atomic mass is 16.2. The van der Waals surface area contributed by atoms with E-state index in [2.05, 4.69) is 13.8 Å². The lowest BCUT2D eigenvalue weighted by atomic mass is 10.00. The van der Waals surface area contributed by atoms with E-state index in [9.17, 15) is 9.59 Å². The van der Waals surface area contributed by atoms with E-state index < -0.39 is 0 Å². The van der Waals surface area contributed by atoms with Crippen LogP contribution >= 0.6 is 0 Å². The smallest absolute Gasteiger partial charge is 0.312 e. The molecule has 1 heterocycles. The number of carbonyl (C=O) groups excluding carboxylic acids is 2. The standard InChI is InChI=1S/C16H30N2O2/c1-4-7-12-17(11-5-2)15(19)16(20)18-13-9-8-10-14(18)6-3/h14H,4-13H2,1-3H3. The third-order valence-corrected chi connectivity index (χ3v) is 4.10. The van der Waals surface area contributed by atoms with Crippen molar-refractivity contribution in [3.8, 4) is 0 Å². The van der Waals surface area contributed by atoms with Gasteiger partial charge in [0.1, 0.15) is 0 Å². The molecule has 1 aliphatic heterocycles. The van der Waals surface area contributed by atoms with Gasteiger partial charge in [0.25, 0.3) is 0 Å². The van der Waals surface area contributed by atoms with Crippen molar-refractivity contribution >= 4 is 11.8 Å². The summed E-state index contributed by atoms with van der Waals surface area (Å²) in [6.45, 7) is 8.40. The fourth-order valence-corrected chi connectivity index (χ4v) is 2.88. The van der Waals surface area contributed by atoms with Gasteiger partial charge in [0.2, 0.25) is 0 Å². The number of unbranched alkanes of at least 4 members (excludes halogenated alkanes) is 1. The number of likely N-dealkylation sites (tertiary alicyclic amines) is 1. The van der Waals surface area contributed by atoms with Gasteiger partial charge >= 0.3 is 11.8 Å². The van der Waals surface area contributed by atoms with Gasteiger partial charge in [-0.15, -0.1) is 0 Å². The Balaban J connectivity index is 2.68. The fraction of sp³-hybridized carbons (Fsp3) is 0.875. The van der Waals surface area contributed by atoms with Gasteiger partial charge in [-0.1, -0.05) is 27.2 Å². The van der Waals surface area contributed by atoms with Crippen LogP contribution in [-0.4, -0.2) is 47.3 Å². The van der Waals surface area contributed by atoms with Gasteiger partial charge in [0.05, 0.1) is 0 Å². The van der Waals surface area contributed by atoms with E-state index in [4.69, 9.17) is 0 Å².